The topological polar surface area (TPSA) is 75.1 Å². The normalized spacial score (nSPS) is 10.7. The minimum atomic E-state index is -1.11. The number of aromatic nitrogens is 2. The van der Waals surface area contributed by atoms with Gasteiger partial charge in [-0.25, -0.2) is 14.8 Å². The van der Waals surface area contributed by atoms with Crippen molar-refractivity contribution in [3.8, 4) is 0 Å². The van der Waals surface area contributed by atoms with Gasteiger partial charge in [-0.05, 0) is 34.1 Å². The van der Waals surface area contributed by atoms with E-state index in [1.807, 2.05) is 13.8 Å². The lowest BCUT2D eigenvalue weighted by Crippen LogP contribution is -2.10. The third kappa shape index (κ3) is 3.71. The third-order valence-electron chi connectivity index (χ3n) is 2.72. The molecule has 2 N–H and O–H groups in total. The highest BCUT2D eigenvalue weighted by molar-refractivity contribution is 9.10. The Bertz CT molecular complexity index is 692. The number of anilines is 2. The summed E-state index contributed by atoms with van der Waals surface area (Å²) in [6.07, 6.45) is 1.47. The van der Waals surface area contributed by atoms with Gasteiger partial charge in [0.1, 0.15) is 5.82 Å². The molecule has 0 radical (unpaired) electrons. The molecule has 0 aliphatic heterocycles. The second kappa shape index (κ2) is 6.41. The predicted octanol–water partition coefficient (Wildman–Crippen LogP) is 4.46. The molecular weight excluding hydrogens is 358 g/mol. The maximum Gasteiger partial charge on any atom is 0.356 e. The highest BCUT2D eigenvalue weighted by Gasteiger charge is 2.16. The van der Waals surface area contributed by atoms with E-state index < -0.39 is 5.97 Å². The average molecular weight is 371 g/mol. The van der Waals surface area contributed by atoms with E-state index in [4.69, 9.17) is 11.6 Å². The van der Waals surface area contributed by atoms with Gasteiger partial charge in [0, 0.05) is 15.4 Å². The number of carboxylic acids is 1. The van der Waals surface area contributed by atoms with Gasteiger partial charge in [-0.2, -0.15) is 0 Å². The zero-order valence-corrected chi connectivity index (χ0v) is 13.7. The largest absolute Gasteiger partial charge is 0.476 e. The molecule has 0 atom stereocenters. The monoisotopic (exact) mass is 369 g/mol. The Morgan fingerprint density at radius 1 is 1.38 bits per heavy atom. The van der Waals surface area contributed by atoms with Gasteiger partial charge in [-0.15, -0.1) is 0 Å². The molecule has 2 rings (SSSR count). The molecule has 1 aromatic heterocycles. The Morgan fingerprint density at radius 2 is 2.10 bits per heavy atom. The zero-order chi connectivity index (χ0) is 15.6. The van der Waals surface area contributed by atoms with Crippen LogP contribution >= 0.6 is 27.5 Å². The lowest BCUT2D eigenvalue weighted by atomic mass is 10.2. The summed E-state index contributed by atoms with van der Waals surface area (Å²) in [5.74, 6) is -0.571. The summed E-state index contributed by atoms with van der Waals surface area (Å²) in [5.41, 5.74) is 0.890. The number of halogens is 2. The van der Waals surface area contributed by atoms with Crippen LogP contribution in [0.25, 0.3) is 0 Å². The minimum Gasteiger partial charge on any atom is -0.476 e. The van der Waals surface area contributed by atoms with Crippen LogP contribution < -0.4 is 5.32 Å². The van der Waals surface area contributed by atoms with Crippen molar-refractivity contribution in [3.05, 3.63) is 45.4 Å². The number of benzene rings is 1. The van der Waals surface area contributed by atoms with Gasteiger partial charge in [-0.3, -0.25) is 0 Å². The summed E-state index contributed by atoms with van der Waals surface area (Å²) in [4.78, 5) is 19.7. The van der Waals surface area contributed by atoms with E-state index in [1.165, 1.54) is 6.20 Å². The van der Waals surface area contributed by atoms with Crippen LogP contribution in [0, 0.1) is 0 Å². The number of nitrogens with zero attached hydrogens (tertiary/aromatic N) is 2. The SMILES string of the molecule is CC(C)c1ncc(Nc2cc(Cl)ccc2Br)c(C(=O)O)n1. The van der Waals surface area contributed by atoms with Crippen molar-refractivity contribution in [2.24, 2.45) is 0 Å². The number of hydrogen-bond donors (Lipinski definition) is 2. The first-order valence-corrected chi connectivity index (χ1v) is 7.38. The Balaban J connectivity index is 2.44. The van der Waals surface area contributed by atoms with Gasteiger partial charge < -0.3 is 10.4 Å². The van der Waals surface area contributed by atoms with Gasteiger partial charge in [0.2, 0.25) is 0 Å². The van der Waals surface area contributed by atoms with Crippen LogP contribution in [0.2, 0.25) is 5.02 Å². The Hall–Kier alpha value is -1.66. The van der Waals surface area contributed by atoms with Crippen LogP contribution in [-0.2, 0) is 0 Å². The molecule has 5 nitrogen and oxygen atoms in total. The second-order valence-electron chi connectivity index (χ2n) is 4.70. The summed E-state index contributed by atoms with van der Waals surface area (Å²) in [5, 5.41) is 12.8. The van der Waals surface area contributed by atoms with E-state index in [2.05, 4.69) is 31.2 Å². The van der Waals surface area contributed by atoms with E-state index in [0.29, 0.717) is 22.2 Å². The van der Waals surface area contributed by atoms with Crippen molar-refractivity contribution in [2.75, 3.05) is 5.32 Å². The number of hydrogen-bond acceptors (Lipinski definition) is 4. The average Bonchev–Trinajstić information content (AvgIpc) is 2.42. The first-order chi connectivity index (χ1) is 9.88. The predicted molar refractivity (Wildman–Crippen MR) is 85.5 cm³/mol. The van der Waals surface area contributed by atoms with Gasteiger partial charge in [0.15, 0.2) is 5.69 Å². The Kier molecular flexibility index (Phi) is 4.80. The summed E-state index contributed by atoms with van der Waals surface area (Å²) in [7, 11) is 0. The Labute approximate surface area is 135 Å². The summed E-state index contributed by atoms with van der Waals surface area (Å²) < 4.78 is 0.760. The molecule has 2 aromatic rings. The van der Waals surface area contributed by atoms with Crippen molar-refractivity contribution >= 4 is 44.9 Å². The van der Waals surface area contributed by atoms with Crippen LogP contribution in [0.4, 0.5) is 11.4 Å². The molecular formula is C14H13BrClN3O2. The minimum absolute atomic E-state index is 0.0510. The maximum atomic E-state index is 11.4. The molecule has 0 saturated heterocycles. The van der Waals surface area contributed by atoms with Crippen LogP contribution in [0.5, 0.6) is 0 Å². The molecule has 0 amide bonds. The molecule has 21 heavy (non-hydrogen) atoms. The Morgan fingerprint density at radius 3 is 2.71 bits per heavy atom. The first-order valence-electron chi connectivity index (χ1n) is 6.20. The number of rotatable bonds is 4. The van der Waals surface area contributed by atoms with Gasteiger partial charge >= 0.3 is 5.97 Å². The molecule has 110 valence electrons. The lowest BCUT2D eigenvalue weighted by Gasteiger charge is -2.12. The third-order valence-corrected chi connectivity index (χ3v) is 3.65. The summed E-state index contributed by atoms with van der Waals surface area (Å²) in [6, 6.07) is 5.19. The van der Waals surface area contributed by atoms with Crippen molar-refractivity contribution < 1.29 is 9.90 Å². The molecule has 0 unspecified atom stereocenters. The maximum absolute atomic E-state index is 11.4. The zero-order valence-electron chi connectivity index (χ0n) is 11.4. The van der Waals surface area contributed by atoms with Crippen LogP contribution in [0.1, 0.15) is 36.1 Å². The molecule has 1 heterocycles. The highest BCUT2D eigenvalue weighted by atomic mass is 79.9. The molecule has 0 bridgehead atoms. The van der Waals surface area contributed by atoms with E-state index in [1.54, 1.807) is 18.2 Å². The van der Waals surface area contributed by atoms with Gasteiger partial charge in [-0.1, -0.05) is 25.4 Å². The smallest absolute Gasteiger partial charge is 0.356 e. The second-order valence-corrected chi connectivity index (χ2v) is 5.99. The lowest BCUT2D eigenvalue weighted by molar-refractivity contribution is 0.0691. The highest BCUT2D eigenvalue weighted by Crippen LogP contribution is 2.29. The quantitative estimate of drug-likeness (QED) is 0.831. The number of aromatic carboxylic acids is 1. The molecule has 1 aromatic carbocycles. The fraction of sp³-hybridized carbons (Fsp3) is 0.214. The van der Waals surface area contributed by atoms with Gasteiger partial charge in [0.25, 0.3) is 0 Å². The van der Waals surface area contributed by atoms with Crippen LogP contribution in [0.15, 0.2) is 28.9 Å². The summed E-state index contributed by atoms with van der Waals surface area (Å²) >= 11 is 9.32. The molecule has 0 aliphatic rings. The molecule has 7 heteroatoms. The summed E-state index contributed by atoms with van der Waals surface area (Å²) in [6.45, 7) is 3.81. The van der Waals surface area contributed by atoms with Crippen molar-refractivity contribution in [3.63, 3.8) is 0 Å². The molecule has 0 spiro atoms. The fourth-order valence-corrected chi connectivity index (χ4v) is 2.18. The molecule has 0 saturated carbocycles. The number of nitrogens with one attached hydrogen (secondary N) is 1. The first kappa shape index (κ1) is 15.7. The van der Waals surface area contributed by atoms with E-state index in [-0.39, 0.29) is 11.6 Å². The fourth-order valence-electron chi connectivity index (χ4n) is 1.67. The van der Waals surface area contributed by atoms with E-state index in [9.17, 15) is 9.90 Å². The molecule has 0 fully saturated rings. The van der Waals surface area contributed by atoms with Crippen molar-refractivity contribution in [1.82, 2.24) is 9.97 Å². The number of carboxylic acid groups (broad SMARTS) is 1. The number of carbonyl (C=O) groups is 1. The van der Waals surface area contributed by atoms with E-state index in [0.717, 1.165) is 4.47 Å². The standard InChI is InChI=1S/C14H13BrClN3O2/c1-7(2)13-17-6-11(12(19-13)14(20)21)18-10-5-8(16)3-4-9(10)15/h3-7,18H,1-2H3,(H,20,21). The van der Waals surface area contributed by atoms with E-state index >= 15 is 0 Å². The molecule has 0 aliphatic carbocycles. The van der Waals surface area contributed by atoms with Crippen molar-refractivity contribution in [1.29, 1.82) is 0 Å². The van der Waals surface area contributed by atoms with Crippen LogP contribution in [0.3, 0.4) is 0 Å². The van der Waals surface area contributed by atoms with Gasteiger partial charge in [0.05, 0.1) is 17.6 Å². The van der Waals surface area contributed by atoms with Crippen molar-refractivity contribution in [2.45, 2.75) is 19.8 Å². The van der Waals surface area contributed by atoms with Crippen LogP contribution in [-0.4, -0.2) is 21.0 Å².